The topological polar surface area (TPSA) is 65.1 Å². The second-order valence-electron chi connectivity index (χ2n) is 6.44. The van der Waals surface area contributed by atoms with Gasteiger partial charge in [-0.25, -0.2) is 9.59 Å². The van der Waals surface area contributed by atoms with Crippen LogP contribution in [0.2, 0.25) is 0 Å². The van der Waals surface area contributed by atoms with E-state index in [4.69, 9.17) is 14.2 Å². The van der Waals surface area contributed by atoms with E-state index in [0.29, 0.717) is 6.42 Å². The number of benzene rings is 1. The summed E-state index contributed by atoms with van der Waals surface area (Å²) >= 11 is 0. The number of hydrogen-bond donors (Lipinski definition) is 0. The lowest BCUT2D eigenvalue weighted by molar-refractivity contribution is -0.146. The van der Waals surface area contributed by atoms with Crippen LogP contribution in [0.25, 0.3) is 0 Å². The van der Waals surface area contributed by atoms with E-state index in [1.54, 1.807) is 19.9 Å². The molecule has 0 spiro atoms. The number of nitrogens with zero attached hydrogens (tertiary/aromatic N) is 1. The van der Waals surface area contributed by atoms with Crippen LogP contribution < -0.4 is 0 Å². The highest BCUT2D eigenvalue weighted by molar-refractivity contribution is 5.81. The van der Waals surface area contributed by atoms with Crippen LogP contribution in [0.1, 0.15) is 25.8 Å². The molecule has 1 aromatic carbocycles. The van der Waals surface area contributed by atoms with Crippen LogP contribution in [0.15, 0.2) is 55.6 Å². The highest BCUT2D eigenvalue weighted by atomic mass is 16.6. The molecule has 1 aliphatic rings. The fourth-order valence-electron chi connectivity index (χ4n) is 2.90. The number of amides is 1. The van der Waals surface area contributed by atoms with Gasteiger partial charge in [0.2, 0.25) is 0 Å². The second-order valence-corrected chi connectivity index (χ2v) is 6.44. The number of carbonyl (C=O) groups excluding carboxylic acids is 2. The Bertz CT molecular complexity index is 655. The first-order valence-electron chi connectivity index (χ1n) is 8.47. The lowest BCUT2D eigenvalue weighted by atomic mass is 10.1. The maximum Gasteiger partial charge on any atom is 0.412 e. The van der Waals surface area contributed by atoms with Crippen LogP contribution in [0, 0.1) is 0 Å². The molecule has 1 aromatic rings. The van der Waals surface area contributed by atoms with Crippen molar-refractivity contribution >= 4 is 12.1 Å². The normalized spacial score (nSPS) is 19.5. The van der Waals surface area contributed by atoms with Gasteiger partial charge in [0.05, 0.1) is 12.6 Å². The van der Waals surface area contributed by atoms with Crippen molar-refractivity contribution < 1.29 is 23.8 Å². The third kappa shape index (κ3) is 4.73. The lowest BCUT2D eigenvalue weighted by Gasteiger charge is -2.35. The first-order chi connectivity index (χ1) is 12.4. The van der Waals surface area contributed by atoms with E-state index in [2.05, 4.69) is 13.2 Å². The number of rotatable bonds is 7. The zero-order valence-corrected chi connectivity index (χ0v) is 15.2. The number of hydrogen-bond acceptors (Lipinski definition) is 5. The Morgan fingerprint density at radius 3 is 2.65 bits per heavy atom. The predicted octanol–water partition coefficient (Wildman–Crippen LogP) is 3.43. The Morgan fingerprint density at radius 2 is 2.04 bits per heavy atom. The Labute approximate surface area is 154 Å². The third-order valence-corrected chi connectivity index (χ3v) is 4.18. The standard InChI is InChI=1S/C20H25NO5/c1-5-10-17(26-18(22)6-2)16-14-25-20(3,4)21(16)19(23)24-13-15-11-8-7-9-12-15/h5-9,11-12,16-17H,1-2,10,13-14H2,3-4H3/t16-,17+/m1/s1. The Kier molecular flexibility index (Phi) is 6.58. The summed E-state index contributed by atoms with van der Waals surface area (Å²) in [4.78, 5) is 25.9. The fourth-order valence-corrected chi connectivity index (χ4v) is 2.90. The molecule has 2 rings (SSSR count). The van der Waals surface area contributed by atoms with Gasteiger partial charge in [0.25, 0.3) is 0 Å². The smallest absolute Gasteiger partial charge is 0.412 e. The van der Waals surface area contributed by atoms with Crippen molar-refractivity contribution in [3.63, 3.8) is 0 Å². The molecule has 6 heteroatoms. The SMILES string of the molecule is C=CC[C@H](OC(=O)C=C)[C@H]1COC(C)(C)N1C(=O)OCc1ccccc1. The third-order valence-electron chi connectivity index (χ3n) is 4.18. The molecule has 0 unspecified atom stereocenters. The van der Waals surface area contributed by atoms with Crippen LogP contribution in [-0.4, -0.2) is 41.4 Å². The van der Waals surface area contributed by atoms with Gasteiger partial charge >= 0.3 is 12.1 Å². The molecule has 1 heterocycles. The van der Waals surface area contributed by atoms with Gasteiger partial charge in [0, 0.05) is 12.5 Å². The summed E-state index contributed by atoms with van der Waals surface area (Å²) < 4.78 is 16.6. The van der Waals surface area contributed by atoms with Crippen molar-refractivity contribution in [2.24, 2.45) is 0 Å². The van der Waals surface area contributed by atoms with Crippen molar-refractivity contribution in [1.29, 1.82) is 0 Å². The molecule has 0 N–H and O–H groups in total. The zero-order valence-electron chi connectivity index (χ0n) is 15.2. The van der Waals surface area contributed by atoms with Gasteiger partial charge in [0.15, 0.2) is 0 Å². The number of carbonyl (C=O) groups is 2. The Balaban J connectivity index is 2.14. The molecule has 0 saturated carbocycles. The van der Waals surface area contributed by atoms with Crippen molar-refractivity contribution in [3.05, 3.63) is 61.2 Å². The molecule has 1 aliphatic heterocycles. The minimum absolute atomic E-state index is 0.150. The summed E-state index contributed by atoms with van der Waals surface area (Å²) in [5.74, 6) is -0.556. The van der Waals surface area contributed by atoms with Gasteiger partial charge < -0.3 is 14.2 Å². The largest absolute Gasteiger partial charge is 0.457 e. The predicted molar refractivity (Wildman–Crippen MR) is 97.2 cm³/mol. The summed E-state index contributed by atoms with van der Waals surface area (Å²) in [5.41, 5.74) is 0.00869. The Morgan fingerprint density at radius 1 is 1.35 bits per heavy atom. The van der Waals surface area contributed by atoms with Crippen molar-refractivity contribution in [2.45, 2.75) is 44.7 Å². The second kappa shape index (κ2) is 8.67. The lowest BCUT2D eigenvalue weighted by Crippen LogP contribution is -2.52. The molecule has 1 amide bonds. The molecule has 26 heavy (non-hydrogen) atoms. The van der Waals surface area contributed by atoms with Crippen LogP contribution in [0.5, 0.6) is 0 Å². The highest BCUT2D eigenvalue weighted by Crippen LogP contribution is 2.32. The van der Waals surface area contributed by atoms with Crippen LogP contribution >= 0.6 is 0 Å². The van der Waals surface area contributed by atoms with E-state index < -0.39 is 29.9 Å². The van der Waals surface area contributed by atoms with Crippen LogP contribution in [-0.2, 0) is 25.6 Å². The van der Waals surface area contributed by atoms with E-state index >= 15 is 0 Å². The van der Waals surface area contributed by atoms with E-state index in [1.807, 2.05) is 30.3 Å². The molecular formula is C20H25NO5. The summed E-state index contributed by atoms with van der Waals surface area (Å²) in [6.45, 7) is 11.0. The summed E-state index contributed by atoms with van der Waals surface area (Å²) in [6, 6.07) is 8.93. The first-order valence-corrected chi connectivity index (χ1v) is 8.47. The van der Waals surface area contributed by atoms with Crippen molar-refractivity contribution in [1.82, 2.24) is 4.90 Å². The monoisotopic (exact) mass is 359 g/mol. The summed E-state index contributed by atoms with van der Waals surface area (Å²) in [6.07, 6.45) is 2.00. The molecule has 1 saturated heterocycles. The van der Waals surface area contributed by atoms with E-state index in [0.717, 1.165) is 11.6 Å². The molecular weight excluding hydrogens is 334 g/mol. The molecule has 0 bridgehead atoms. The fraction of sp³-hybridized carbons (Fsp3) is 0.400. The minimum atomic E-state index is -0.877. The van der Waals surface area contributed by atoms with Gasteiger partial charge in [-0.1, -0.05) is 43.0 Å². The quantitative estimate of drug-likeness (QED) is 0.424. The van der Waals surface area contributed by atoms with Gasteiger partial charge in [-0.05, 0) is 19.4 Å². The average molecular weight is 359 g/mol. The summed E-state index contributed by atoms with van der Waals surface area (Å²) in [5, 5.41) is 0. The number of ether oxygens (including phenoxy) is 3. The minimum Gasteiger partial charge on any atom is -0.457 e. The van der Waals surface area contributed by atoms with Gasteiger partial charge in [0.1, 0.15) is 18.4 Å². The van der Waals surface area contributed by atoms with Crippen molar-refractivity contribution in [2.75, 3.05) is 6.61 Å². The summed E-state index contributed by atoms with van der Waals surface area (Å²) in [7, 11) is 0. The van der Waals surface area contributed by atoms with E-state index in [-0.39, 0.29) is 13.2 Å². The highest BCUT2D eigenvalue weighted by Gasteiger charge is 2.48. The van der Waals surface area contributed by atoms with Crippen LogP contribution in [0.4, 0.5) is 4.79 Å². The molecule has 6 nitrogen and oxygen atoms in total. The molecule has 0 radical (unpaired) electrons. The molecule has 140 valence electrons. The Hall–Kier alpha value is -2.60. The van der Waals surface area contributed by atoms with Gasteiger partial charge in [-0.15, -0.1) is 6.58 Å². The average Bonchev–Trinajstić information content (AvgIpc) is 2.95. The molecule has 0 aliphatic carbocycles. The van der Waals surface area contributed by atoms with Gasteiger partial charge in [-0.3, -0.25) is 4.90 Å². The zero-order chi connectivity index (χ0) is 19.2. The van der Waals surface area contributed by atoms with Gasteiger partial charge in [-0.2, -0.15) is 0 Å². The molecule has 2 atom stereocenters. The maximum atomic E-state index is 12.7. The van der Waals surface area contributed by atoms with E-state index in [1.165, 1.54) is 4.90 Å². The molecule has 1 fully saturated rings. The molecule has 0 aromatic heterocycles. The van der Waals surface area contributed by atoms with Crippen LogP contribution in [0.3, 0.4) is 0 Å². The maximum absolute atomic E-state index is 12.7. The van der Waals surface area contributed by atoms with Crippen molar-refractivity contribution in [3.8, 4) is 0 Å². The number of esters is 1. The first kappa shape index (κ1) is 19.7. The van der Waals surface area contributed by atoms with E-state index in [9.17, 15) is 9.59 Å².